The molecule has 0 atom stereocenters. The van der Waals surface area contributed by atoms with Crippen LogP contribution in [0.3, 0.4) is 0 Å². The number of carbonyl (C=O) groups is 1. The molecule has 1 saturated heterocycles. The maximum atomic E-state index is 11.4. The molecule has 1 aliphatic heterocycles. The Kier molecular flexibility index (Phi) is 4.60. The van der Waals surface area contributed by atoms with Crippen LogP contribution in [0.15, 0.2) is 0 Å². The summed E-state index contributed by atoms with van der Waals surface area (Å²) in [4.78, 5) is 11.4. The number of rotatable bonds is 6. The van der Waals surface area contributed by atoms with Gasteiger partial charge in [0.2, 0.25) is 5.91 Å². The van der Waals surface area contributed by atoms with E-state index in [1.807, 2.05) is 0 Å². The Morgan fingerprint density at radius 2 is 1.75 bits per heavy atom. The second-order valence-corrected chi connectivity index (χ2v) is 4.93. The van der Waals surface area contributed by atoms with Gasteiger partial charge in [-0.25, -0.2) is 0 Å². The Labute approximate surface area is 97.1 Å². The number of nitrogens with one attached hydrogen (secondary N) is 2. The lowest BCUT2D eigenvalue weighted by atomic mass is 10.0. The number of ether oxygens (including phenoxy) is 1. The van der Waals surface area contributed by atoms with Crippen molar-refractivity contribution in [3.63, 3.8) is 0 Å². The Morgan fingerprint density at radius 3 is 2.44 bits per heavy atom. The van der Waals surface area contributed by atoms with E-state index in [1.54, 1.807) is 0 Å². The normalized spacial score (nSPS) is 22.0. The summed E-state index contributed by atoms with van der Waals surface area (Å²) in [6, 6.07) is 0. The second kappa shape index (κ2) is 6.21. The Balaban J connectivity index is 1.47. The molecular weight excluding hydrogens is 204 g/mol. The number of hydrogen-bond acceptors (Lipinski definition) is 3. The maximum absolute atomic E-state index is 11.4. The van der Waals surface area contributed by atoms with Crippen molar-refractivity contribution in [1.29, 1.82) is 0 Å². The van der Waals surface area contributed by atoms with Crippen LogP contribution in [0.2, 0.25) is 0 Å². The molecule has 0 spiro atoms. The van der Waals surface area contributed by atoms with Crippen LogP contribution in [0.1, 0.15) is 25.7 Å². The largest absolute Gasteiger partial charge is 0.381 e. The highest BCUT2D eigenvalue weighted by Gasteiger charge is 2.21. The van der Waals surface area contributed by atoms with Crippen molar-refractivity contribution in [2.24, 2.45) is 11.8 Å². The fourth-order valence-electron chi connectivity index (χ4n) is 1.98. The van der Waals surface area contributed by atoms with Gasteiger partial charge in [0.1, 0.15) is 0 Å². The van der Waals surface area contributed by atoms with Gasteiger partial charge >= 0.3 is 0 Å². The summed E-state index contributed by atoms with van der Waals surface area (Å²) < 4.78 is 5.29. The highest BCUT2D eigenvalue weighted by atomic mass is 16.5. The molecule has 0 bridgehead atoms. The van der Waals surface area contributed by atoms with Crippen molar-refractivity contribution in [3.8, 4) is 0 Å². The summed E-state index contributed by atoms with van der Waals surface area (Å²) in [6.45, 7) is 4.03. The first-order valence-corrected chi connectivity index (χ1v) is 6.40. The fourth-order valence-corrected chi connectivity index (χ4v) is 1.98. The zero-order chi connectivity index (χ0) is 11.2. The average Bonchev–Trinajstić information content (AvgIpc) is 3.12. The fraction of sp³-hybridized carbons (Fsp3) is 0.917. The smallest absolute Gasteiger partial charge is 0.233 e. The van der Waals surface area contributed by atoms with Gasteiger partial charge < -0.3 is 15.4 Å². The molecule has 0 unspecified atom stereocenters. The van der Waals surface area contributed by atoms with E-state index in [0.717, 1.165) is 45.1 Å². The topological polar surface area (TPSA) is 50.4 Å². The van der Waals surface area contributed by atoms with Gasteiger partial charge in [0.25, 0.3) is 0 Å². The van der Waals surface area contributed by atoms with E-state index in [0.29, 0.717) is 12.5 Å². The lowest BCUT2D eigenvalue weighted by molar-refractivity contribution is -0.120. The quantitative estimate of drug-likeness (QED) is 0.694. The standard InChI is InChI=1S/C12H22N2O2/c15-12(14-8-10-1-2-10)9-13-7-11-3-5-16-6-4-11/h10-11,13H,1-9H2,(H,14,15). The predicted molar refractivity (Wildman–Crippen MR) is 62.1 cm³/mol. The molecule has 2 aliphatic rings. The Morgan fingerprint density at radius 1 is 1.06 bits per heavy atom. The zero-order valence-corrected chi connectivity index (χ0v) is 9.84. The van der Waals surface area contributed by atoms with Gasteiger partial charge in [0, 0.05) is 19.8 Å². The lowest BCUT2D eigenvalue weighted by Gasteiger charge is -2.22. The van der Waals surface area contributed by atoms with Crippen molar-refractivity contribution in [2.75, 3.05) is 32.8 Å². The molecule has 2 fully saturated rings. The molecule has 92 valence electrons. The van der Waals surface area contributed by atoms with Crippen LogP contribution in [0.4, 0.5) is 0 Å². The van der Waals surface area contributed by atoms with E-state index in [-0.39, 0.29) is 5.91 Å². The van der Waals surface area contributed by atoms with Gasteiger partial charge in [-0.1, -0.05) is 0 Å². The molecule has 0 aromatic rings. The monoisotopic (exact) mass is 226 g/mol. The van der Waals surface area contributed by atoms with Crippen molar-refractivity contribution < 1.29 is 9.53 Å². The molecule has 4 nitrogen and oxygen atoms in total. The second-order valence-electron chi connectivity index (χ2n) is 4.93. The predicted octanol–water partition coefficient (Wildman–Crippen LogP) is 0.529. The molecule has 1 amide bonds. The van der Waals surface area contributed by atoms with Crippen molar-refractivity contribution in [3.05, 3.63) is 0 Å². The van der Waals surface area contributed by atoms with E-state index >= 15 is 0 Å². The highest BCUT2D eigenvalue weighted by molar-refractivity contribution is 5.77. The highest BCUT2D eigenvalue weighted by Crippen LogP contribution is 2.27. The zero-order valence-electron chi connectivity index (χ0n) is 9.84. The molecule has 1 aliphatic carbocycles. The summed E-state index contributed by atoms with van der Waals surface area (Å²) in [5.41, 5.74) is 0. The van der Waals surface area contributed by atoms with E-state index in [1.165, 1.54) is 12.8 Å². The van der Waals surface area contributed by atoms with Crippen LogP contribution < -0.4 is 10.6 Å². The minimum Gasteiger partial charge on any atom is -0.381 e. The summed E-state index contributed by atoms with van der Waals surface area (Å²) in [5, 5.41) is 6.19. The first-order chi connectivity index (χ1) is 7.84. The van der Waals surface area contributed by atoms with E-state index in [2.05, 4.69) is 10.6 Å². The molecule has 1 saturated carbocycles. The van der Waals surface area contributed by atoms with E-state index in [4.69, 9.17) is 4.74 Å². The number of amides is 1. The summed E-state index contributed by atoms with van der Waals surface area (Å²) >= 11 is 0. The third-order valence-corrected chi connectivity index (χ3v) is 3.34. The van der Waals surface area contributed by atoms with Gasteiger partial charge in [0.15, 0.2) is 0 Å². The molecule has 4 heteroatoms. The molecule has 16 heavy (non-hydrogen) atoms. The van der Waals surface area contributed by atoms with Crippen molar-refractivity contribution >= 4 is 5.91 Å². The van der Waals surface area contributed by atoms with Gasteiger partial charge in [-0.2, -0.15) is 0 Å². The molecule has 0 radical (unpaired) electrons. The first kappa shape index (κ1) is 11.9. The lowest BCUT2D eigenvalue weighted by Crippen LogP contribution is -2.37. The molecular formula is C12H22N2O2. The maximum Gasteiger partial charge on any atom is 0.233 e. The van der Waals surface area contributed by atoms with Crippen LogP contribution in [0.5, 0.6) is 0 Å². The molecule has 0 aromatic heterocycles. The Hall–Kier alpha value is -0.610. The number of hydrogen-bond donors (Lipinski definition) is 2. The van der Waals surface area contributed by atoms with E-state index in [9.17, 15) is 4.79 Å². The summed E-state index contributed by atoms with van der Waals surface area (Å²) in [5.74, 6) is 1.59. The molecule has 2 rings (SSSR count). The molecule has 1 heterocycles. The van der Waals surface area contributed by atoms with Gasteiger partial charge in [-0.05, 0) is 44.1 Å². The molecule has 0 aromatic carbocycles. The van der Waals surface area contributed by atoms with Crippen LogP contribution in [0.25, 0.3) is 0 Å². The van der Waals surface area contributed by atoms with Gasteiger partial charge in [-0.15, -0.1) is 0 Å². The van der Waals surface area contributed by atoms with Gasteiger partial charge in [-0.3, -0.25) is 4.79 Å². The van der Waals surface area contributed by atoms with Crippen molar-refractivity contribution in [1.82, 2.24) is 10.6 Å². The average molecular weight is 226 g/mol. The SMILES string of the molecule is O=C(CNCC1CCOCC1)NCC1CC1. The minimum atomic E-state index is 0.138. The van der Waals surface area contributed by atoms with Crippen LogP contribution in [-0.4, -0.2) is 38.8 Å². The third-order valence-electron chi connectivity index (χ3n) is 3.34. The van der Waals surface area contributed by atoms with Crippen LogP contribution >= 0.6 is 0 Å². The summed E-state index contributed by atoms with van der Waals surface area (Å²) in [7, 11) is 0. The third kappa shape index (κ3) is 4.49. The van der Waals surface area contributed by atoms with Crippen LogP contribution in [0, 0.1) is 11.8 Å². The summed E-state index contributed by atoms with van der Waals surface area (Å²) in [6.07, 6.45) is 4.82. The molecule has 2 N–H and O–H groups in total. The van der Waals surface area contributed by atoms with Crippen molar-refractivity contribution in [2.45, 2.75) is 25.7 Å². The Bertz CT molecular complexity index is 223. The van der Waals surface area contributed by atoms with Crippen LogP contribution in [-0.2, 0) is 9.53 Å². The minimum absolute atomic E-state index is 0.138. The van der Waals surface area contributed by atoms with Gasteiger partial charge in [0.05, 0.1) is 6.54 Å². The number of carbonyl (C=O) groups excluding carboxylic acids is 1. The van der Waals surface area contributed by atoms with E-state index < -0.39 is 0 Å². The first-order valence-electron chi connectivity index (χ1n) is 6.40.